The first-order chi connectivity index (χ1) is 12.2. The van der Waals surface area contributed by atoms with Crippen LogP contribution in [0.2, 0.25) is 0 Å². The third kappa shape index (κ3) is 4.84. The molecule has 2 aromatic rings. The van der Waals surface area contributed by atoms with Crippen molar-refractivity contribution in [3.8, 4) is 17.2 Å². The number of para-hydroxylation sites is 1. The minimum Gasteiger partial charge on any atom is -0.484 e. The van der Waals surface area contributed by atoms with E-state index >= 15 is 0 Å². The topological polar surface area (TPSA) is 69.2 Å². The maximum Gasteiger partial charge on any atom is 0.277 e. The minimum absolute atomic E-state index is 0.0906. The van der Waals surface area contributed by atoms with Gasteiger partial charge in [0.2, 0.25) is 6.79 Å². The number of carbonyl (C=O) groups is 1. The number of allylic oxidation sites excluding steroid dienone is 1. The van der Waals surface area contributed by atoms with Gasteiger partial charge in [-0.1, -0.05) is 30.3 Å². The van der Waals surface area contributed by atoms with Crippen LogP contribution in [-0.4, -0.2) is 25.0 Å². The molecule has 0 spiro atoms. The number of nitrogens with one attached hydrogen (secondary N) is 1. The van der Waals surface area contributed by atoms with Crippen LogP contribution in [0.15, 0.2) is 59.7 Å². The van der Waals surface area contributed by atoms with Gasteiger partial charge in [0.15, 0.2) is 18.1 Å². The molecule has 0 saturated carbocycles. The zero-order valence-electron chi connectivity index (χ0n) is 13.8. The molecule has 1 heterocycles. The van der Waals surface area contributed by atoms with Gasteiger partial charge in [0.25, 0.3) is 5.91 Å². The Hall–Kier alpha value is -3.28. The Balaban J connectivity index is 1.48. The summed E-state index contributed by atoms with van der Waals surface area (Å²) in [4.78, 5) is 11.7. The summed E-state index contributed by atoms with van der Waals surface area (Å²) in [5.74, 6) is 1.79. The maximum absolute atomic E-state index is 11.7. The first kappa shape index (κ1) is 16.6. The van der Waals surface area contributed by atoms with E-state index in [1.807, 2.05) is 42.5 Å². The second-order valence-corrected chi connectivity index (χ2v) is 5.34. The summed E-state index contributed by atoms with van der Waals surface area (Å²) in [6, 6.07) is 14.8. The summed E-state index contributed by atoms with van der Waals surface area (Å²) >= 11 is 0. The summed E-state index contributed by atoms with van der Waals surface area (Å²) in [5, 5.41) is 4.02. The smallest absolute Gasteiger partial charge is 0.277 e. The molecule has 1 amide bonds. The fourth-order valence-corrected chi connectivity index (χ4v) is 2.12. The Morgan fingerprint density at radius 3 is 2.84 bits per heavy atom. The predicted octanol–water partition coefficient (Wildman–Crippen LogP) is 3.00. The number of rotatable bonds is 6. The highest BCUT2D eigenvalue weighted by Gasteiger charge is 2.12. The van der Waals surface area contributed by atoms with Crippen molar-refractivity contribution in [1.82, 2.24) is 5.43 Å². The van der Waals surface area contributed by atoms with Crippen molar-refractivity contribution in [2.75, 3.05) is 13.4 Å². The molecular formula is C19H18N2O4. The molecule has 0 bridgehead atoms. The average Bonchev–Trinajstić information content (AvgIpc) is 3.11. The van der Waals surface area contributed by atoms with Crippen LogP contribution >= 0.6 is 0 Å². The van der Waals surface area contributed by atoms with E-state index in [1.54, 1.807) is 25.1 Å². The molecule has 1 aliphatic heterocycles. The van der Waals surface area contributed by atoms with Gasteiger partial charge in [0.05, 0.1) is 5.71 Å². The zero-order chi connectivity index (χ0) is 17.5. The Morgan fingerprint density at radius 2 is 2.00 bits per heavy atom. The van der Waals surface area contributed by atoms with Crippen LogP contribution in [0.3, 0.4) is 0 Å². The lowest BCUT2D eigenvalue weighted by atomic mass is 10.2. The van der Waals surface area contributed by atoms with Crippen molar-refractivity contribution in [2.24, 2.45) is 5.10 Å². The molecule has 6 nitrogen and oxygen atoms in total. The van der Waals surface area contributed by atoms with Crippen LogP contribution in [0.25, 0.3) is 6.08 Å². The molecule has 1 N–H and O–H groups in total. The van der Waals surface area contributed by atoms with E-state index in [0.29, 0.717) is 11.5 Å². The van der Waals surface area contributed by atoms with Crippen molar-refractivity contribution in [3.05, 3.63) is 60.2 Å². The van der Waals surface area contributed by atoms with E-state index in [9.17, 15) is 4.79 Å². The fraction of sp³-hybridized carbons (Fsp3) is 0.158. The summed E-state index contributed by atoms with van der Waals surface area (Å²) < 4.78 is 15.9. The largest absolute Gasteiger partial charge is 0.484 e. The van der Waals surface area contributed by atoms with Crippen LogP contribution < -0.4 is 19.6 Å². The van der Waals surface area contributed by atoms with E-state index in [1.165, 1.54) is 0 Å². The molecule has 0 fully saturated rings. The van der Waals surface area contributed by atoms with E-state index in [-0.39, 0.29) is 19.3 Å². The van der Waals surface area contributed by atoms with Gasteiger partial charge in [-0.25, -0.2) is 5.43 Å². The third-order valence-corrected chi connectivity index (χ3v) is 3.38. The number of benzene rings is 2. The lowest BCUT2D eigenvalue weighted by Crippen LogP contribution is -2.25. The van der Waals surface area contributed by atoms with Gasteiger partial charge in [0.1, 0.15) is 5.75 Å². The third-order valence-electron chi connectivity index (χ3n) is 3.38. The van der Waals surface area contributed by atoms with Crippen LogP contribution in [-0.2, 0) is 4.79 Å². The summed E-state index contributed by atoms with van der Waals surface area (Å²) in [6.07, 6.45) is 3.68. The number of carbonyl (C=O) groups excluding carboxylic acids is 1. The first-order valence-corrected chi connectivity index (χ1v) is 7.79. The van der Waals surface area contributed by atoms with Crippen molar-refractivity contribution in [3.63, 3.8) is 0 Å². The molecule has 25 heavy (non-hydrogen) atoms. The van der Waals surface area contributed by atoms with E-state index in [0.717, 1.165) is 17.1 Å². The number of amides is 1. The average molecular weight is 338 g/mol. The van der Waals surface area contributed by atoms with Crippen molar-refractivity contribution < 1.29 is 19.0 Å². The van der Waals surface area contributed by atoms with Gasteiger partial charge in [-0.05, 0) is 42.8 Å². The van der Waals surface area contributed by atoms with Gasteiger partial charge in [-0.3, -0.25) is 4.79 Å². The van der Waals surface area contributed by atoms with Gasteiger partial charge < -0.3 is 14.2 Å². The normalized spacial score (nSPS) is 13.1. The first-order valence-electron chi connectivity index (χ1n) is 7.79. The van der Waals surface area contributed by atoms with Crippen LogP contribution in [0.1, 0.15) is 12.5 Å². The lowest BCUT2D eigenvalue weighted by Gasteiger charge is -2.04. The molecule has 128 valence electrons. The fourth-order valence-electron chi connectivity index (χ4n) is 2.12. The van der Waals surface area contributed by atoms with Gasteiger partial charge in [-0.15, -0.1) is 0 Å². The molecular weight excluding hydrogens is 320 g/mol. The van der Waals surface area contributed by atoms with Crippen molar-refractivity contribution in [2.45, 2.75) is 6.92 Å². The molecule has 2 aromatic carbocycles. The maximum atomic E-state index is 11.7. The van der Waals surface area contributed by atoms with Crippen molar-refractivity contribution >= 4 is 17.7 Å². The highest BCUT2D eigenvalue weighted by atomic mass is 16.7. The molecule has 0 saturated heterocycles. The highest BCUT2D eigenvalue weighted by Crippen LogP contribution is 2.32. The molecule has 0 aromatic heterocycles. The Labute approximate surface area is 145 Å². The lowest BCUT2D eigenvalue weighted by molar-refractivity contribution is -0.123. The molecule has 0 unspecified atom stereocenters. The molecule has 0 atom stereocenters. The second-order valence-electron chi connectivity index (χ2n) is 5.34. The van der Waals surface area contributed by atoms with Gasteiger partial charge in [0, 0.05) is 0 Å². The highest BCUT2D eigenvalue weighted by molar-refractivity contribution is 5.97. The summed E-state index contributed by atoms with van der Waals surface area (Å²) in [6.45, 7) is 1.95. The zero-order valence-corrected chi connectivity index (χ0v) is 13.8. The minimum atomic E-state index is -0.320. The SMILES string of the molecule is CC(/C=C/c1ccc2c(c1)OCO2)=N/NC(=O)COc1ccccc1. The quantitative estimate of drug-likeness (QED) is 0.649. The van der Waals surface area contributed by atoms with Gasteiger partial charge >= 0.3 is 0 Å². The van der Waals surface area contributed by atoms with Crippen LogP contribution in [0, 0.1) is 0 Å². The molecule has 6 heteroatoms. The van der Waals surface area contributed by atoms with Crippen LogP contribution in [0.5, 0.6) is 17.2 Å². The summed E-state index contributed by atoms with van der Waals surface area (Å²) in [5.41, 5.74) is 4.07. The van der Waals surface area contributed by atoms with Crippen molar-refractivity contribution in [1.29, 1.82) is 0 Å². The molecule has 1 aliphatic rings. The monoisotopic (exact) mass is 338 g/mol. The van der Waals surface area contributed by atoms with E-state index in [2.05, 4.69) is 10.5 Å². The van der Waals surface area contributed by atoms with E-state index in [4.69, 9.17) is 14.2 Å². The number of ether oxygens (including phenoxy) is 3. The van der Waals surface area contributed by atoms with Crippen LogP contribution in [0.4, 0.5) is 0 Å². The standard InChI is InChI=1S/C19H18N2O4/c1-14(7-8-15-9-10-17-18(11-15)25-13-24-17)20-21-19(22)12-23-16-5-3-2-4-6-16/h2-11H,12-13H2,1H3,(H,21,22)/b8-7+,20-14-. The summed E-state index contributed by atoms with van der Waals surface area (Å²) in [7, 11) is 0. The Bertz CT molecular complexity index is 800. The second kappa shape index (κ2) is 8.01. The van der Waals surface area contributed by atoms with E-state index < -0.39 is 0 Å². The Kier molecular flexibility index (Phi) is 5.31. The molecule has 0 aliphatic carbocycles. The Morgan fingerprint density at radius 1 is 1.20 bits per heavy atom. The number of hydrogen-bond acceptors (Lipinski definition) is 5. The number of fused-ring (bicyclic) bond motifs is 1. The molecule has 0 radical (unpaired) electrons. The predicted molar refractivity (Wildman–Crippen MR) is 94.8 cm³/mol. The van der Waals surface area contributed by atoms with Gasteiger partial charge in [-0.2, -0.15) is 5.10 Å². The number of nitrogens with zero attached hydrogens (tertiary/aromatic N) is 1. The number of hydrazone groups is 1. The number of hydrogen-bond donors (Lipinski definition) is 1. The molecule has 3 rings (SSSR count).